The van der Waals surface area contributed by atoms with Gasteiger partial charge in [-0.05, 0) is 26.5 Å². The first-order valence-corrected chi connectivity index (χ1v) is 10.2. The maximum atomic E-state index is 13.9. The van der Waals surface area contributed by atoms with Gasteiger partial charge in [0.05, 0.1) is 16.9 Å². The normalized spacial score (nSPS) is 18.2. The number of amidine groups is 1. The van der Waals surface area contributed by atoms with Gasteiger partial charge in [-0.15, -0.1) is 36.2 Å². The number of methoxy groups -OCH3 is 1. The fraction of sp³-hybridized carbons (Fsp3) is 0.450. The van der Waals surface area contributed by atoms with E-state index >= 15 is 0 Å². The Morgan fingerprint density at radius 2 is 1.93 bits per heavy atom. The Morgan fingerprint density at radius 3 is 2.67 bits per heavy atom. The molecule has 0 amide bonds. The van der Waals surface area contributed by atoms with Crippen LogP contribution >= 0.6 is 36.2 Å². The van der Waals surface area contributed by atoms with E-state index in [0.29, 0.717) is 24.0 Å². The maximum absolute atomic E-state index is 13.9. The third-order valence-corrected chi connectivity index (χ3v) is 6.31. The molecule has 2 aliphatic heterocycles. The SMILES string of the molecule is COCCC1CN(C2=Nc3cc(F)c(F)cc3Nc3sc(C)cc32)CCN1C.Cl.Cl. The van der Waals surface area contributed by atoms with Crippen molar-refractivity contribution in [3.05, 3.63) is 40.3 Å². The van der Waals surface area contributed by atoms with Crippen LogP contribution in [0.5, 0.6) is 0 Å². The summed E-state index contributed by atoms with van der Waals surface area (Å²) in [6.07, 6.45) is 0.932. The fourth-order valence-electron chi connectivity index (χ4n) is 3.74. The molecule has 10 heteroatoms. The highest BCUT2D eigenvalue weighted by atomic mass is 35.5. The average molecular weight is 479 g/mol. The Labute approximate surface area is 191 Å². The molecule has 1 N–H and O–H groups in total. The molecule has 1 aromatic heterocycles. The lowest BCUT2D eigenvalue weighted by Crippen LogP contribution is -2.53. The number of likely N-dealkylation sites (N-methyl/N-ethyl adjacent to an activating group) is 1. The zero-order valence-corrected chi connectivity index (χ0v) is 19.5. The number of hydrogen-bond acceptors (Lipinski definition) is 6. The number of anilines is 2. The van der Waals surface area contributed by atoms with Crippen LogP contribution in [0.4, 0.5) is 25.2 Å². The molecule has 0 radical (unpaired) electrons. The van der Waals surface area contributed by atoms with Crippen molar-refractivity contribution >= 4 is 58.4 Å². The van der Waals surface area contributed by atoms with E-state index in [1.807, 2.05) is 6.92 Å². The summed E-state index contributed by atoms with van der Waals surface area (Å²) in [5, 5.41) is 4.17. The molecule has 3 heterocycles. The quantitative estimate of drug-likeness (QED) is 0.675. The van der Waals surface area contributed by atoms with Crippen LogP contribution in [0.15, 0.2) is 23.2 Å². The summed E-state index contributed by atoms with van der Waals surface area (Å²) >= 11 is 1.59. The molecule has 0 bridgehead atoms. The third-order valence-electron chi connectivity index (χ3n) is 5.34. The number of halogens is 4. The molecule has 0 saturated carbocycles. The molecule has 2 aromatic rings. The first-order chi connectivity index (χ1) is 13.5. The highest BCUT2D eigenvalue weighted by molar-refractivity contribution is 7.16. The monoisotopic (exact) mass is 478 g/mol. The van der Waals surface area contributed by atoms with E-state index < -0.39 is 11.6 Å². The lowest BCUT2D eigenvalue weighted by Gasteiger charge is -2.40. The first kappa shape index (κ1) is 24.8. The van der Waals surface area contributed by atoms with Gasteiger partial charge in [0.2, 0.25) is 0 Å². The molecule has 1 aromatic carbocycles. The Morgan fingerprint density at radius 1 is 1.20 bits per heavy atom. The Kier molecular flexibility index (Phi) is 8.47. The number of aliphatic imine (C=N–C) groups is 1. The van der Waals surface area contributed by atoms with Crippen LogP contribution in [-0.2, 0) is 4.74 Å². The van der Waals surface area contributed by atoms with Gasteiger partial charge in [0.1, 0.15) is 10.8 Å². The molecule has 5 nitrogen and oxygen atoms in total. The molecular weight excluding hydrogens is 453 g/mol. The van der Waals surface area contributed by atoms with Gasteiger partial charge in [-0.3, -0.25) is 4.90 Å². The first-order valence-electron chi connectivity index (χ1n) is 9.36. The lowest BCUT2D eigenvalue weighted by molar-refractivity contribution is 0.100. The zero-order chi connectivity index (χ0) is 19.8. The van der Waals surface area contributed by atoms with E-state index in [4.69, 9.17) is 9.73 Å². The number of nitrogens with zero attached hydrogens (tertiary/aromatic N) is 3. The van der Waals surface area contributed by atoms with Crippen molar-refractivity contribution in [2.45, 2.75) is 19.4 Å². The van der Waals surface area contributed by atoms with Crippen LogP contribution in [0.2, 0.25) is 0 Å². The molecule has 30 heavy (non-hydrogen) atoms. The molecule has 1 saturated heterocycles. The summed E-state index contributed by atoms with van der Waals surface area (Å²) in [6, 6.07) is 4.79. The molecule has 4 rings (SSSR count). The number of rotatable bonds is 3. The summed E-state index contributed by atoms with van der Waals surface area (Å²) in [7, 11) is 3.84. The third kappa shape index (κ3) is 4.89. The van der Waals surface area contributed by atoms with Crippen molar-refractivity contribution in [3.63, 3.8) is 0 Å². The number of ether oxygens (including phenoxy) is 1. The Balaban J connectivity index is 0.00000160. The van der Waals surface area contributed by atoms with Crippen molar-refractivity contribution in [2.24, 2.45) is 4.99 Å². The summed E-state index contributed by atoms with van der Waals surface area (Å²) in [5.41, 5.74) is 1.89. The summed E-state index contributed by atoms with van der Waals surface area (Å²) in [5.74, 6) is -0.951. The number of thiophene rings is 1. The van der Waals surface area contributed by atoms with Crippen LogP contribution in [-0.4, -0.2) is 62.1 Å². The number of fused-ring (bicyclic) bond motifs is 2. The molecule has 1 unspecified atom stereocenters. The maximum Gasteiger partial charge on any atom is 0.161 e. The average Bonchev–Trinajstić information content (AvgIpc) is 2.96. The summed E-state index contributed by atoms with van der Waals surface area (Å²) in [6.45, 7) is 5.28. The summed E-state index contributed by atoms with van der Waals surface area (Å²) < 4.78 is 32.9. The zero-order valence-electron chi connectivity index (χ0n) is 17.1. The predicted molar refractivity (Wildman–Crippen MR) is 124 cm³/mol. The van der Waals surface area contributed by atoms with Crippen LogP contribution in [0.3, 0.4) is 0 Å². The molecule has 1 atom stereocenters. The van der Waals surface area contributed by atoms with E-state index in [9.17, 15) is 8.78 Å². The van der Waals surface area contributed by atoms with Crippen molar-refractivity contribution in [1.29, 1.82) is 0 Å². The van der Waals surface area contributed by atoms with E-state index in [1.165, 1.54) is 12.1 Å². The summed E-state index contributed by atoms with van der Waals surface area (Å²) in [4.78, 5) is 10.5. The molecule has 0 aliphatic carbocycles. The van der Waals surface area contributed by atoms with Crippen LogP contribution in [0.25, 0.3) is 0 Å². The van der Waals surface area contributed by atoms with Crippen molar-refractivity contribution in [3.8, 4) is 0 Å². The van der Waals surface area contributed by atoms with Gasteiger partial charge >= 0.3 is 0 Å². The topological polar surface area (TPSA) is 40.1 Å². The van der Waals surface area contributed by atoms with Gasteiger partial charge in [-0.1, -0.05) is 0 Å². The fourth-order valence-corrected chi connectivity index (χ4v) is 4.66. The van der Waals surface area contributed by atoms with E-state index in [2.05, 4.69) is 28.2 Å². The smallest absolute Gasteiger partial charge is 0.161 e. The van der Waals surface area contributed by atoms with Gasteiger partial charge in [0, 0.05) is 56.4 Å². The standard InChI is InChI=1S/C20H24F2N4OS.2ClH/c1-12-8-14-19(26-6-5-25(2)13(11-26)4-7-27-3)23-17-9-15(21)16(22)10-18(17)24-20(14)28-12;;/h8-10,13,24H,4-7,11H2,1-3H3;2*1H. The highest BCUT2D eigenvalue weighted by Crippen LogP contribution is 2.40. The van der Waals surface area contributed by atoms with E-state index in [-0.39, 0.29) is 24.8 Å². The molecule has 166 valence electrons. The molecule has 2 aliphatic rings. The van der Waals surface area contributed by atoms with E-state index in [0.717, 1.165) is 47.3 Å². The highest BCUT2D eigenvalue weighted by Gasteiger charge is 2.30. The van der Waals surface area contributed by atoms with Gasteiger partial charge in [0.25, 0.3) is 0 Å². The van der Waals surface area contributed by atoms with Gasteiger partial charge in [0.15, 0.2) is 11.6 Å². The predicted octanol–water partition coefficient (Wildman–Crippen LogP) is 4.97. The van der Waals surface area contributed by atoms with Crippen LogP contribution in [0.1, 0.15) is 16.9 Å². The van der Waals surface area contributed by atoms with Crippen molar-refractivity contribution in [1.82, 2.24) is 9.80 Å². The van der Waals surface area contributed by atoms with Gasteiger partial charge < -0.3 is 15.0 Å². The van der Waals surface area contributed by atoms with Crippen molar-refractivity contribution in [2.75, 3.05) is 45.7 Å². The second-order valence-corrected chi connectivity index (χ2v) is 8.56. The van der Waals surface area contributed by atoms with E-state index in [1.54, 1.807) is 18.4 Å². The minimum atomic E-state index is -0.888. The molecule has 0 spiro atoms. The second-order valence-electron chi connectivity index (χ2n) is 7.31. The molecular formula is C20H26Cl2F2N4OS. The number of nitrogens with one attached hydrogen (secondary N) is 1. The van der Waals surface area contributed by atoms with Crippen molar-refractivity contribution < 1.29 is 13.5 Å². The van der Waals surface area contributed by atoms with Gasteiger partial charge in [-0.2, -0.15) is 0 Å². The largest absolute Gasteiger partial charge is 0.385 e. The number of hydrogen-bond donors (Lipinski definition) is 1. The number of piperazine rings is 1. The lowest BCUT2D eigenvalue weighted by atomic mass is 10.1. The van der Waals surface area contributed by atoms with Gasteiger partial charge in [-0.25, -0.2) is 13.8 Å². The Hall–Kier alpha value is -1.45. The minimum Gasteiger partial charge on any atom is -0.385 e. The second kappa shape index (κ2) is 10.2. The number of aryl methyl sites for hydroxylation is 1. The minimum absolute atomic E-state index is 0. The number of benzene rings is 1. The Bertz CT molecular complexity index is 924. The molecule has 1 fully saturated rings. The van der Waals surface area contributed by atoms with Crippen LogP contribution < -0.4 is 5.32 Å². The van der Waals surface area contributed by atoms with Crippen LogP contribution in [0, 0.1) is 18.6 Å².